The minimum Gasteiger partial charge on any atom is -0.377 e. The Morgan fingerprint density at radius 1 is 0.500 bits per heavy atom. The van der Waals surface area contributed by atoms with Crippen LogP contribution >= 0.6 is 20.3 Å². The molecule has 3 nitrogen and oxygen atoms in total. The summed E-state index contributed by atoms with van der Waals surface area (Å²) in [6.07, 6.45) is 31.3. The number of rotatable bonds is 28. The van der Waals surface area contributed by atoms with E-state index in [0.29, 0.717) is 0 Å². The Morgan fingerprint density at radius 3 is 1.39 bits per heavy atom. The van der Waals surface area contributed by atoms with Crippen LogP contribution in [0, 0.1) is 5.92 Å². The van der Waals surface area contributed by atoms with Crippen molar-refractivity contribution in [2.24, 2.45) is 5.92 Å². The van der Waals surface area contributed by atoms with Crippen LogP contribution in [-0.2, 0) is 13.3 Å². The molecule has 0 amide bonds. The highest BCUT2D eigenvalue weighted by Crippen LogP contribution is 2.41. The van der Waals surface area contributed by atoms with Gasteiger partial charge in [-0.3, -0.25) is 0 Å². The molecule has 0 saturated heterocycles. The summed E-state index contributed by atoms with van der Waals surface area (Å²) in [5.41, 5.74) is 0. The third-order valence-corrected chi connectivity index (χ3v) is 13.4. The second-order valence-corrected chi connectivity index (χ2v) is 16.5. The third-order valence-electron chi connectivity index (χ3n) is 7.75. The lowest BCUT2D eigenvalue weighted by Crippen LogP contribution is -2.42. The van der Waals surface area contributed by atoms with E-state index in [4.69, 9.17) is 13.3 Å². The van der Waals surface area contributed by atoms with E-state index in [0.717, 1.165) is 12.0 Å². The Bertz CT molecular complexity index is 403. The van der Waals surface area contributed by atoms with Crippen LogP contribution in [0.4, 0.5) is 0 Å². The van der Waals surface area contributed by atoms with Gasteiger partial charge in [0.1, 0.15) is 0 Å². The molecular weight excluding hydrogens is 503 g/mol. The molecule has 6 heteroatoms. The van der Waals surface area contributed by atoms with E-state index in [-0.39, 0.29) is 20.3 Å². The summed E-state index contributed by atoms with van der Waals surface area (Å²) in [4.78, 5) is 0. The topological polar surface area (TPSA) is 27.7 Å². The van der Waals surface area contributed by atoms with Crippen LogP contribution in [0.1, 0.15) is 143 Å². The summed E-state index contributed by atoms with van der Waals surface area (Å²) < 4.78 is 17.0. The minimum atomic E-state index is -2.43. The van der Waals surface area contributed by atoms with Crippen molar-refractivity contribution in [3.05, 3.63) is 0 Å². The number of hydrogen-bond acceptors (Lipinski definition) is 3. The molecule has 0 heterocycles. The summed E-state index contributed by atoms with van der Waals surface area (Å²) >= 11 is 0. The molecule has 36 heavy (non-hydrogen) atoms. The van der Waals surface area contributed by atoms with Gasteiger partial charge in [-0.2, -0.15) is 0 Å². The average molecular weight is 569 g/mol. The first kappa shape index (κ1) is 39.0. The molecule has 0 aliphatic heterocycles. The molecule has 0 aromatic rings. The van der Waals surface area contributed by atoms with Crippen LogP contribution in [-0.4, -0.2) is 48.6 Å². The van der Waals surface area contributed by atoms with Crippen molar-refractivity contribution in [3.63, 3.8) is 0 Å². The molecular formula is C30H66ClO3PSi. The van der Waals surface area contributed by atoms with E-state index in [1.165, 1.54) is 140 Å². The second kappa shape index (κ2) is 28.8. The fourth-order valence-electron chi connectivity index (χ4n) is 5.21. The molecule has 0 spiro atoms. The van der Waals surface area contributed by atoms with Crippen LogP contribution in [0.5, 0.6) is 0 Å². The quantitative estimate of drug-likeness (QED) is 0.0533. The molecule has 220 valence electrons. The first-order valence-corrected chi connectivity index (χ1v) is 19.3. The maximum Gasteiger partial charge on any atom is 0.500 e. The maximum atomic E-state index is 5.67. The van der Waals surface area contributed by atoms with Gasteiger partial charge in [0.15, 0.2) is 0 Å². The van der Waals surface area contributed by atoms with Crippen LogP contribution in [0.3, 0.4) is 0 Å². The lowest BCUT2D eigenvalue weighted by atomic mass is 9.94. The second-order valence-electron chi connectivity index (χ2n) is 10.7. The van der Waals surface area contributed by atoms with Gasteiger partial charge in [-0.15, -0.1) is 20.3 Å². The van der Waals surface area contributed by atoms with Crippen LogP contribution < -0.4 is 0 Å². The lowest BCUT2D eigenvalue weighted by molar-refractivity contribution is 0.122. The largest absolute Gasteiger partial charge is 0.500 e. The van der Waals surface area contributed by atoms with Crippen molar-refractivity contribution in [1.29, 1.82) is 0 Å². The van der Waals surface area contributed by atoms with E-state index < -0.39 is 8.80 Å². The molecule has 1 atom stereocenters. The van der Waals surface area contributed by atoms with Crippen LogP contribution in [0.15, 0.2) is 0 Å². The van der Waals surface area contributed by atoms with Crippen molar-refractivity contribution in [1.82, 2.24) is 0 Å². The molecule has 0 aliphatic carbocycles. The smallest absolute Gasteiger partial charge is 0.377 e. The molecule has 0 aliphatic rings. The van der Waals surface area contributed by atoms with E-state index in [9.17, 15) is 0 Å². The number of unbranched alkanes of at least 4 members (excludes halogenated alkanes) is 12. The zero-order valence-corrected chi connectivity index (χ0v) is 28.1. The Morgan fingerprint density at radius 2 is 0.917 bits per heavy atom. The van der Waals surface area contributed by atoms with Gasteiger partial charge in [0.05, 0.1) is 0 Å². The predicted octanol–water partition coefficient (Wildman–Crippen LogP) is 10.9. The molecule has 0 aromatic carbocycles. The fourth-order valence-corrected chi connectivity index (χ4v) is 9.70. The van der Waals surface area contributed by atoms with Crippen LogP contribution in [0.2, 0.25) is 6.04 Å². The molecule has 0 fully saturated rings. The highest BCUT2D eigenvalue weighted by molar-refractivity contribution is 7.57. The summed E-state index contributed by atoms with van der Waals surface area (Å²) in [5, 5.41) is 0. The lowest BCUT2D eigenvalue weighted by Gasteiger charge is -2.26. The zero-order valence-electron chi connectivity index (χ0n) is 25.4. The van der Waals surface area contributed by atoms with Crippen molar-refractivity contribution in [2.75, 3.05) is 39.8 Å². The Hall–Kier alpha value is 0.817. The van der Waals surface area contributed by atoms with Crippen molar-refractivity contribution < 1.29 is 13.3 Å². The zero-order chi connectivity index (χ0) is 26.0. The highest BCUT2D eigenvalue weighted by atomic mass is 35.5. The average Bonchev–Trinajstić information content (AvgIpc) is 2.88. The monoisotopic (exact) mass is 568 g/mol. The third kappa shape index (κ3) is 21.7. The van der Waals surface area contributed by atoms with Crippen molar-refractivity contribution in [2.45, 2.75) is 149 Å². The van der Waals surface area contributed by atoms with E-state index in [2.05, 4.69) is 20.8 Å². The first-order chi connectivity index (χ1) is 17.1. The van der Waals surface area contributed by atoms with Gasteiger partial charge in [-0.1, -0.05) is 117 Å². The summed E-state index contributed by atoms with van der Waals surface area (Å²) in [6, 6.07) is 0.949. The molecule has 1 unspecified atom stereocenters. The minimum absolute atomic E-state index is 0. The SMILES string of the molecule is CCCCCCCCP(CCCCCCCC)CCC(CCCCC)CCC[Si](OC)(OC)OC.Cl. The molecule has 0 bridgehead atoms. The molecule has 0 saturated carbocycles. The fraction of sp³-hybridized carbons (Fsp3) is 1.00. The molecule has 0 rings (SSSR count). The summed E-state index contributed by atoms with van der Waals surface area (Å²) in [6.45, 7) is 6.96. The van der Waals surface area contributed by atoms with Gasteiger partial charge < -0.3 is 13.3 Å². The van der Waals surface area contributed by atoms with Crippen molar-refractivity contribution >= 4 is 29.1 Å². The van der Waals surface area contributed by atoms with E-state index in [1.807, 2.05) is 0 Å². The van der Waals surface area contributed by atoms with Crippen LogP contribution in [0.25, 0.3) is 0 Å². The number of hydrogen-bond donors (Lipinski definition) is 0. The normalized spacial score (nSPS) is 12.8. The highest BCUT2D eigenvalue weighted by Gasteiger charge is 2.37. The summed E-state index contributed by atoms with van der Waals surface area (Å²) in [7, 11) is 3.04. The van der Waals surface area contributed by atoms with Gasteiger partial charge >= 0.3 is 8.80 Å². The predicted molar refractivity (Wildman–Crippen MR) is 169 cm³/mol. The van der Waals surface area contributed by atoms with Gasteiger partial charge in [-0.05, 0) is 50.1 Å². The van der Waals surface area contributed by atoms with Crippen molar-refractivity contribution in [3.8, 4) is 0 Å². The number of halogens is 1. The van der Waals surface area contributed by atoms with Gasteiger partial charge in [-0.25, -0.2) is 0 Å². The van der Waals surface area contributed by atoms with E-state index >= 15 is 0 Å². The summed E-state index contributed by atoms with van der Waals surface area (Å²) in [5.74, 6) is 0.873. The van der Waals surface area contributed by atoms with Gasteiger partial charge in [0.25, 0.3) is 0 Å². The molecule has 0 N–H and O–H groups in total. The Kier molecular flexibility index (Phi) is 31.2. The maximum absolute atomic E-state index is 5.67. The molecule has 0 radical (unpaired) electrons. The molecule has 0 aromatic heterocycles. The standard InChI is InChI=1S/C30H65O3PSi.ClH/c1-7-10-13-15-17-20-26-34(27-21-18-16-14-11-8-2)28-25-30(23-19-12-9-3)24-22-29-35(31-4,32-5)33-6;/h30H,7-29H2,1-6H3;1H. The van der Waals surface area contributed by atoms with Gasteiger partial charge in [0.2, 0.25) is 0 Å². The Labute approximate surface area is 236 Å². The van der Waals surface area contributed by atoms with Gasteiger partial charge in [0, 0.05) is 27.4 Å². The van der Waals surface area contributed by atoms with E-state index in [1.54, 1.807) is 21.3 Å². The Balaban J connectivity index is 0. The first-order valence-electron chi connectivity index (χ1n) is 15.5.